The zero-order chi connectivity index (χ0) is 10.4. The first-order valence-electron chi connectivity index (χ1n) is 4.99. The summed E-state index contributed by atoms with van der Waals surface area (Å²) in [5.74, 6) is 1.39. The van der Waals surface area contributed by atoms with Gasteiger partial charge in [-0.15, -0.1) is 0 Å². The van der Waals surface area contributed by atoms with Crippen LogP contribution < -0.4 is 5.32 Å². The molecule has 1 aliphatic heterocycles. The predicted octanol–water partition coefficient (Wildman–Crippen LogP) is 2.73. The summed E-state index contributed by atoms with van der Waals surface area (Å²) in [5, 5.41) is 4.08. The number of pyridine rings is 1. The van der Waals surface area contributed by atoms with Crippen molar-refractivity contribution in [3.05, 3.63) is 33.5 Å². The van der Waals surface area contributed by atoms with E-state index in [0.717, 1.165) is 24.6 Å². The SMILES string of the molecule is Clc1cc(C2=C[C@@H]3CNC[C@H]23)cnc1Br. The van der Waals surface area contributed by atoms with Gasteiger partial charge in [0.15, 0.2) is 0 Å². The number of hydrogen-bond donors (Lipinski definition) is 1. The summed E-state index contributed by atoms with van der Waals surface area (Å²) >= 11 is 9.33. The third kappa shape index (κ3) is 1.53. The van der Waals surface area contributed by atoms with Gasteiger partial charge in [-0.25, -0.2) is 4.98 Å². The first kappa shape index (κ1) is 9.82. The Kier molecular flexibility index (Phi) is 2.34. The van der Waals surface area contributed by atoms with Crippen molar-refractivity contribution in [3.63, 3.8) is 0 Å². The largest absolute Gasteiger partial charge is 0.315 e. The highest BCUT2D eigenvalue weighted by atomic mass is 79.9. The summed E-state index contributed by atoms with van der Waals surface area (Å²) in [6.07, 6.45) is 4.21. The normalized spacial score (nSPS) is 28.3. The minimum atomic E-state index is 0.670. The average molecular weight is 286 g/mol. The number of fused-ring (bicyclic) bond motifs is 1. The van der Waals surface area contributed by atoms with E-state index in [0.29, 0.717) is 15.5 Å². The van der Waals surface area contributed by atoms with E-state index in [-0.39, 0.29) is 0 Å². The van der Waals surface area contributed by atoms with Gasteiger partial charge in [0.25, 0.3) is 0 Å². The molecular weight excluding hydrogens is 275 g/mol. The molecule has 1 N–H and O–H groups in total. The maximum atomic E-state index is 6.03. The smallest absolute Gasteiger partial charge is 0.124 e. The van der Waals surface area contributed by atoms with Gasteiger partial charge in [-0.05, 0) is 39.1 Å². The highest BCUT2D eigenvalue weighted by molar-refractivity contribution is 9.10. The van der Waals surface area contributed by atoms with Crippen molar-refractivity contribution in [1.82, 2.24) is 10.3 Å². The molecule has 0 unspecified atom stereocenters. The van der Waals surface area contributed by atoms with E-state index in [1.165, 1.54) is 5.57 Å². The van der Waals surface area contributed by atoms with Crippen LogP contribution in [-0.4, -0.2) is 18.1 Å². The molecule has 1 aromatic heterocycles. The van der Waals surface area contributed by atoms with Gasteiger partial charge < -0.3 is 5.32 Å². The summed E-state index contributed by atoms with van der Waals surface area (Å²) in [7, 11) is 0. The molecule has 1 saturated heterocycles. The van der Waals surface area contributed by atoms with E-state index < -0.39 is 0 Å². The fraction of sp³-hybridized carbons (Fsp3) is 0.364. The number of rotatable bonds is 1. The second kappa shape index (κ2) is 3.58. The third-order valence-corrected chi connectivity index (χ3v) is 4.33. The highest BCUT2D eigenvalue weighted by Crippen LogP contribution is 2.42. The molecule has 0 bridgehead atoms. The minimum Gasteiger partial charge on any atom is -0.315 e. The molecule has 0 saturated carbocycles. The molecule has 78 valence electrons. The Morgan fingerprint density at radius 2 is 2.33 bits per heavy atom. The Labute approximate surface area is 102 Å². The van der Waals surface area contributed by atoms with Crippen LogP contribution in [0.2, 0.25) is 5.02 Å². The summed E-state index contributed by atoms with van der Waals surface area (Å²) in [4.78, 5) is 4.22. The average Bonchev–Trinajstić information content (AvgIpc) is 2.54. The molecule has 2 atom stereocenters. The number of nitrogens with one attached hydrogen (secondary N) is 1. The number of halogens is 2. The van der Waals surface area contributed by atoms with Gasteiger partial charge in [-0.2, -0.15) is 0 Å². The van der Waals surface area contributed by atoms with Crippen LogP contribution in [0.3, 0.4) is 0 Å². The van der Waals surface area contributed by atoms with Gasteiger partial charge in [-0.1, -0.05) is 17.7 Å². The van der Waals surface area contributed by atoms with E-state index >= 15 is 0 Å². The van der Waals surface area contributed by atoms with Gasteiger partial charge in [-0.3, -0.25) is 0 Å². The fourth-order valence-corrected chi connectivity index (χ4v) is 2.72. The van der Waals surface area contributed by atoms with Gasteiger partial charge in [0.2, 0.25) is 0 Å². The van der Waals surface area contributed by atoms with Crippen molar-refractivity contribution < 1.29 is 0 Å². The summed E-state index contributed by atoms with van der Waals surface area (Å²) in [5.41, 5.74) is 2.56. The molecule has 1 aromatic rings. The lowest BCUT2D eigenvalue weighted by atomic mass is 9.74. The van der Waals surface area contributed by atoms with Gasteiger partial charge in [0.05, 0.1) is 5.02 Å². The first-order valence-corrected chi connectivity index (χ1v) is 6.16. The molecule has 2 aliphatic rings. The van der Waals surface area contributed by atoms with Crippen LogP contribution in [0, 0.1) is 11.8 Å². The zero-order valence-corrected chi connectivity index (χ0v) is 10.3. The molecule has 2 heterocycles. The minimum absolute atomic E-state index is 0.670. The van der Waals surface area contributed by atoms with Crippen LogP contribution in [0.25, 0.3) is 5.57 Å². The Morgan fingerprint density at radius 3 is 3.07 bits per heavy atom. The molecular formula is C11H10BrClN2. The topological polar surface area (TPSA) is 24.9 Å². The molecule has 1 fully saturated rings. The van der Waals surface area contributed by atoms with Crippen molar-refractivity contribution in [2.75, 3.05) is 13.1 Å². The maximum absolute atomic E-state index is 6.03. The number of nitrogens with zero attached hydrogens (tertiary/aromatic N) is 1. The molecule has 0 spiro atoms. The van der Waals surface area contributed by atoms with E-state index in [1.54, 1.807) is 0 Å². The van der Waals surface area contributed by atoms with E-state index in [2.05, 4.69) is 32.3 Å². The number of aromatic nitrogens is 1. The first-order chi connectivity index (χ1) is 7.25. The summed E-state index contributed by atoms with van der Waals surface area (Å²) in [6.45, 7) is 2.20. The van der Waals surface area contributed by atoms with E-state index in [4.69, 9.17) is 11.6 Å². The van der Waals surface area contributed by atoms with Gasteiger partial charge in [0.1, 0.15) is 4.60 Å². The Morgan fingerprint density at radius 1 is 1.47 bits per heavy atom. The summed E-state index contributed by atoms with van der Waals surface area (Å²) < 4.78 is 0.717. The predicted molar refractivity (Wildman–Crippen MR) is 64.8 cm³/mol. The molecule has 3 rings (SSSR count). The van der Waals surface area contributed by atoms with Gasteiger partial charge >= 0.3 is 0 Å². The van der Waals surface area contributed by atoms with E-state index in [9.17, 15) is 0 Å². The summed E-state index contributed by atoms with van der Waals surface area (Å²) in [6, 6.07) is 1.99. The van der Waals surface area contributed by atoms with E-state index in [1.807, 2.05) is 12.3 Å². The zero-order valence-electron chi connectivity index (χ0n) is 8.00. The molecule has 0 radical (unpaired) electrons. The molecule has 4 heteroatoms. The van der Waals surface area contributed by atoms with Crippen LogP contribution in [0.15, 0.2) is 22.9 Å². The molecule has 15 heavy (non-hydrogen) atoms. The lowest BCUT2D eigenvalue weighted by molar-refractivity contribution is 0.564. The van der Waals surface area contributed by atoms with Crippen LogP contribution in [0.5, 0.6) is 0 Å². The molecule has 0 aromatic carbocycles. The Hall–Kier alpha value is -0.380. The van der Waals surface area contributed by atoms with Crippen LogP contribution in [0.1, 0.15) is 5.56 Å². The van der Waals surface area contributed by atoms with Crippen LogP contribution in [-0.2, 0) is 0 Å². The standard InChI is InChI=1S/C11H10BrClN2/c12-11-10(13)2-7(4-15-11)8-1-6-3-14-5-9(6)8/h1-2,4,6,9,14H,3,5H2/t6-,9+/m1/s1. The number of hydrogen-bond acceptors (Lipinski definition) is 2. The third-order valence-electron chi connectivity index (χ3n) is 3.18. The van der Waals surface area contributed by atoms with Crippen molar-refractivity contribution >= 4 is 33.1 Å². The second-order valence-corrected chi connectivity index (χ2v) is 5.21. The van der Waals surface area contributed by atoms with Crippen molar-refractivity contribution in [3.8, 4) is 0 Å². The molecule has 0 amide bonds. The molecule has 2 nitrogen and oxygen atoms in total. The van der Waals surface area contributed by atoms with Crippen molar-refractivity contribution in [2.45, 2.75) is 0 Å². The van der Waals surface area contributed by atoms with Crippen molar-refractivity contribution in [2.24, 2.45) is 11.8 Å². The Balaban J connectivity index is 1.94. The second-order valence-electron chi connectivity index (χ2n) is 4.05. The van der Waals surface area contributed by atoms with Crippen LogP contribution >= 0.6 is 27.5 Å². The fourth-order valence-electron chi connectivity index (χ4n) is 2.34. The monoisotopic (exact) mass is 284 g/mol. The maximum Gasteiger partial charge on any atom is 0.124 e. The van der Waals surface area contributed by atoms with Crippen LogP contribution in [0.4, 0.5) is 0 Å². The Bertz CT molecular complexity index is 444. The lowest BCUT2D eigenvalue weighted by Crippen LogP contribution is -2.22. The lowest BCUT2D eigenvalue weighted by Gasteiger charge is -2.29. The van der Waals surface area contributed by atoms with Gasteiger partial charge in [0, 0.05) is 25.2 Å². The van der Waals surface area contributed by atoms with Crippen molar-refractivity contribution in [1.29, 1.82) is 0 Å². The quantitative estimate of drug-likeness (QED) is 0.803. The highest BCUT2D eigenvalue weighted by Gasteiger charge is 2.36. The molecule has 1 aliphatic carbocycles.